The number of aliphatic hydroxyl groups is 2. The van der Waals surface area contributed by atoms with Gasteiger partial charge >= 0.3 is 12.1 Å². The number of carbonyl (C=O) groups is 2. The molecule has 0 bridgehead atoms. The zero-order valence-electron chi connectivity index (χ0n) is 6.83. The second-order valence-electron chi connectivity index (χ2n) is 1.86. The van der Waals surface area contributed by atoms with Crippen molar-refractivity contribution in [3.8, 4) is 0 Å². The Morgan fingerprint density at radius 2 is 1.23 bits per heavy atom. The molecule has 0 aliphatic carbocycles. The van der Waals surface area contributed by atoms with Crippen molar-refractivity contribution in [2.24, 2.45) is 0 Å². The van der Waals surface area contributed by atoms with Gasteiger partial charge in [0, 0.05) is 0 Å². The third-order valence-corrected chi connectivity index (χ3v) is 0.977. The average Bonchev–Trinajstić information content (AvgIpc) is 2.05. The molecule has 13 heavy (non-hydrogen) atoms. The molecule has 4 amide bonds. The van der Waals surface area contributed by atoms with Gasteiger partial charge in [-0.15, -0.1) is 0 Å². The molecule has 0 radical (unpaired) electrons. The Labute approximate surface area is 74.3 Å². The van der Waals surface area contributed by atoms with Crippen LogP contribution < -0.4 is 21.3 Å². The molecule has 0 fully saturated rings. The van der Waals surface area contributed by atoms with Gasteiger partial charge in [0.2, 0.25) is 0 Å². The first-order valence-electron chi connectivity index (χ1n) is 3.45. The Morgan fingerprint density at radius 1 is 0.846 bits per heavy atom. The van der Waals surface area contributed by atoms with Gasteiger partial charge in [0.15, 0.2) is 0 Å². The zero-order chi connectivity index (χ0) is 10.1. The third kappa shape index (κ3) is 6.84. The van der Waals surface area contributed by atoms with Crippen LogP contribution in [-0.2, 0) is 0 Å². The van der Waals surface area contributed by atoms with Crippen LogP contribution in [0.2, 0.25) is 0 Å². The van der Waals surface area contributed by atoms with Crippen molar-refractivity contribution in [1.29, 1.82) is 0 Å². The summed E-state index contributed by atoms with van der Waals surface area (Å²) >= 11 is 0. The lowest BCUT2D eigenvalue weighted by Crippen LogP contribution is -2.45. The van der Waals surface area contributed by atoms with Crippen LogP contribution in [0, 0.1) is 0 Å². The summed E-state index contributed by atoms with van der Waals surface area (Å²) in [5, 5.41) is 24.9. The monoisotopic (exact) mass is 192 g/mol. The van der Waals surface area contributed by atoms with E-state index in [1.165, 1.54) is 0 Å². The molecule has 76 valence electrons. The topological polar surface area (TPSA) is 123 Å². The highest BCUT2D eigenvalue weighted by Crippen LogP contribution is 1.63. The maximum absolute atomic E-state index is 10.6. The first-order chi connectivity index (χ1) is 6.20. The summed E-state index contributed by atoms with van der Waals surface area (Å²) in [4.78, 5) is 21.2. The maximum atomic E-state index is 10.6. The number of hydrogen-bond donors (Lipinski definition) is 6. The standard InChI is InChI=1S/C5H12N4O4/c10-2-8-4(12)6-1-7-5(13)9-3-11/h10-11H,1-3H2,(H2,6,8,12)(H2,7,9,13). The fourth-order valence-electron chi connectivity index (χ4n) is 0.473. The number of hydrogen-bond acceptors (Lipinski definition) is 4. The molecule has 8 heteroatoms. The van der Waals surface area contributed by atoms with Crippen molar-refractivity contribution in [1.82, 2.24) is 21.3 Å². The zero-order valence-corrected chi connectivity index (χ0v) is 6.83. The lowest BCUT2D eigenvalue weighted by molar-refractivity contribution is 0.212. The van der Waals surface area contributed by atoms with Crippen molar-refractivity contribution in [3.63, 3.8) is 0 Å². The number of amides is 4. The van der Waals surface area contributed by atoms with Crippen LogP contribution in [0.4, 0.5) is 9.59 Å². The Balaban J connectivity index is 3.33. The van der Waals surface area contributed by atoms with Crippen LogP contribution in [0.25, 0.3) is 0 Å². The van der Waals surface area contributed by atoms with Crippen LogP contribution in [0.1, 0.15) is 0 Å². The van der Waals surface area contributed by atoms with Crippen molar-refractivity contribution in [2.75, 3.05) is 20.1 Å². The van der Waals surface area contributed by atoms with Gasteiger partial charge in [0.05, 0.1) is 6.67 Å². The molecule has 0 saturated heterocycles. The van der Waals surface area contributed by atoms with Gasteiger partial charge < -0.3 is 31.5 Å². The largest absolute Gasteiger partial charge is 0.376 e. The summed E-state index contributed by atoms with van der Waals surface area (Å²) in [7, 11) is 0. The molecule has 0 aromatic carbocycles. The Kier molecular flexibility index (Phi) is 6.28. The fourth-order valence-corrected chi connectivity index (χ4v) is 0.473. The van der Waals surface area contributed by atoms with Gasteiger partial charge in [-0.25, -0.2) is 9.59 Å². The number of urea groups is 2. The highest BCUT2D eigenvalue weighted by atomic mass is 16.3. The smallest absolute Gasteiger partial charge is 0.317 e. The summed E-state index contributed by atoms with van der Waals surface area (Å²) in [6.07, 6.45) is 0. The van der Waals surface area contributed by atoms with Crippen molar-refractivity contribution >= 4 is 12.1 Å². The average molecular weight is 192 g/mol. The van der Waals surface area contributed by atoms with E-state index >= 15 is 0 Å². The molecule has 8 nitrogen and oxygen atoms in total. The molecule has 0 aromatic rings. The van der Waals surface area contributed by atoms with E-state index in [0.29, 0.717) is 0 Å². The van der Waals surface area contributed by atoms with E-state index in [1.54, 1.807) is 0 Å². The molecule has 0 unspecified atom stereocenters. The van der Waals surface area contributed by atoms with E-state index in [2.05, 4.69) is 10.6 Å². The molecule has 0 saturated carbocycles. The van der Waals surface area contributed by atoms with E-state index in [-0.39, 0.29) is 6.67 Å². The normalized spacial score (nSPS) is 8.77. The van der Waals surface area contributed by atoms with Crippen molar-refractivity contribution < 1.29 is 19.8 Å². The quantitative estimate of drug-likeness (QED) is 0.274. The van der Waals surface area contributed by atoms with E-state index in [1.807, 2.05) is 10.6 Å². The molecule has 0 heterocycles. The molecular formula is C5H12N4O4. The van der Waals surface area contributed by atoms with Crippen LogP contribution in [0.15, 0.2) is 0 Å². The summed E-state index contributed by atoms with van der Waals surface area (Å²) in [5.74, 6) is 0. The van der Waals surface area contributed by atoms with Gasteiger partial charge in [-0.3, -0.25) is 0 Å². The third-order valence-electron chi connectivity index (χ3n) is 0.977. The maximum Gasteiger partial charge on any atom is 0.317 e. The van der Waals surface area contributed by atoms with E-state index < -0.39 is 25.5 Å². The second-order valence-corrected chi connectivity index (χ2v) is 1.86. The van der Waals surface area contributed by atoms with Crippen LogP contribution in [0.5, 0.6) is 0 Å². The lowest BCUT2D eigenvalue weighted by Gasteiger charge is -2.07. The predicted molar refractivity (Wildman–Crippen MR) is 42.4 cm³/mol. The minimum Gasteiger partial charge on any atom is -0.376 e. The highest BCUT2D eigenvalue weighted by molar-refractivity contribution is 5.76. The van der Waals surface area contributed by atoms with Gasteiger partial charge in [-0.1, -0.05) is 0 Å². The SMILES string of the molecule is O=C(NCO)NCNC(=O)NCO. The van der Waals surface area contributed by atoms with Crippen LogP contribution >= 0.6 is 0 Å². The Hall–Kier alpha value is -1.54. The molecule has 0 atom stereocenters. The minimum absolute atomic E-state index is 0.0995. The minimum atomic E-state index is -0.605. The molecule has 6 N–H and O–H groups in total. The number of aliphatic hydroxyl groups excluding tert-OH is 2. The molecule has 0 rings (SSSR count). The molecule has 0 spiro atoms. The Morgan fingerprint density at radius 3 is 1.54 bits per heavy atom. The highest BCUT2D eigenvalue weighted by Gasteiger charge is 1.98. The van der Waals surface area contributed by atoms with Crippen molar-refractivity contribution in [2.45, 2.75) is 0 Å². The van der Waals surface area contributed by atoms with Gasteiger partial charge in [-0.2, -0.15) is 0 Å². The number of rotatable bonds is 4. The molecular weight excluding hydrogens is 180 g/mol. The summed E-state index contributed by atoms with van der Waals surface area (Å²) < 4.78 is 0. The molecule has 0 aliphatic rings. The number of nitrogens with one attached hydrogen (secondary N) is 4. The van der Waals surface area contributed by atoms with Gasteiger partial charge in [0.1, 0.15) is 13.5 Å². The fraction of sp³-hybridized carbons (Fsp3) is 0.600. The number of carbonyl (C=O) groups excluding carboxylic acids is 2. The first kappa shape index (κ1) is 11.5. The Bertz CT molecular complexity index is 156. The summed E-state index contributed by atoms with van der Waals surface area (Å²) in [6.45, 7) is -1.05. The summed E-state index contributed by atoms with van der Waals surface area (Å²) in [6, 6.07) is -1.21. The molecule has 0 aliphatic heterocycles. The van der Waals surface area contributed by atoms with Crippen molar-refractivity contribution in [3.05, 3.63) is 0 Å². The summed E-state index contributed by atoms with van der Waals surface area (Å²) in [5.41, 5.74) is 0. The van der Waals surface area contributed by atoms with Gasteiger partial charge in [0.25, 0.3) is 0 Å². The second kappa shape index (κ2) is 7.13. The van der Waals surface area contributed by atoms with Gasteiger partial charge in [-0.05, 0) is 0 Å². The molecule has 0 aromatic heterocycles. The van der Waals surface area contributed by atoms with Crippen LogP contribution in [0.3, 0.4) is 0 Å². The van der Waals surface area contributed by atoms with Crippen LogP contribution in [-0.4, -0.2) is 42.4 Å². The predicted octanol–water partition coefficient (Wildman–Crippen LogP) is -2.56. The lowest BCUT2D eigenvalue weighted by atomic mass is 10.8. The van der Waals surface area contributed by atoms with E-state index in [4.69, 9.17) is 10.2 Å². The van der Waals surface area contributed by atoms with E-state index in [0.717, 1.165) is 0 Å². The first-order valence-corrected chi connectivity index (χ1v) is 3.45. The van der Waals surface area contributed by atoms with E-state index in [9.17, 15) is 9.59 Å².